The lowest BCUT2D eigenvalue weighted by molar-refractivity contribution is 0.385. The van der Waals surface area contributed by atoms with E-state index in [1.807, 2.05) is 53.9 Å². The molecule has 8 nitrogen and oxygen atoms in total. The molecule has 0 aliphatic heterocycles. The molecule has 0 amide bonds. The number of methoxy groups -OCH3 is 1. The number of hydrogen-bond acceptors (Lipinski definition) is 7. The Kier molecular flexibility index (Phi) is 8.37. The molecule has 0 fully saturated rings. The largest absolute Gasteiger partial charge is 0.480 e. The van der Waals surface area contributed by atoms with Gasteiger partial charge in [-0.15, -0.1) is 5.46 Å². The second-order valence-corrected chi connectivity index (χ2v) is 12.8. The van der Waals surface area contributed by atoms with E-state index in [1.54, 1.807) is 0 Å². The van der Waals surface area contributed by atoms with Crippen molar-refractivity contribution in [2.75, 3.05) is 17.1 Å². The zero-order valence-electron chi connectivity index (χ0n) is 24.0. The van der Waals surface area contributed by atoms with Gasteiger partial charge in [0.1, 0.15) is 48.3 Å². The van der Waals surface area contributed by atoms with E-state index in [2.05, 4.69) is 51.4 Å². The van der Waals surface area contributed by atoms with Crippen LogP contribution in [0, 0.1) is 0 Å². The summed E-state index contributed by atoms with van der Waals surface area (Å²) in [5.41, 5.74) is 7.21. The van der Waals surface area contributed by atoms with Crippen molar-refractivity contribution < 1.29 is 17.6 Å². The van der Waals surface area contributed by atoms with Gasteiger partial charge in [-0.2, -0.15) is 0 Å². The van der Waals surface area contributed by atoms with Gasteiger partial charge in [0.25, 0.3) is 10.0 Å². The van der Waals surface area contributed by atoms with Gasteiger partial charge in [-0.1, -0.05) is 51.9 Å². The minimum absolute atomic E-state index is 0.0349. The average Bonchev–Trinajstić information content (AvgIpc) is 3.41. The average molecular weight is 563 g/mol. The van der Waals surface area contributed by atoms with Gasteiger partial charge in [0.15, 0.2) is 4.90 Å². The van der Waals surface area contributed by atoms with Gasteiger partial charge < -0.3 is 14.5 Å². The van der Waals surface area contributed by atoms with Gasteiger partial charge in [0.2, 0.25) is 11.8 Å². The number of rotatable bonds is 8. The normalized spacial score (nSPS) is 11.6. The van der Waals surface area contributed by atoms with Gasteiger partial charge >= 0.3 is 0 Å². The van der Waals surface area contributed by atoms with E-state index >= 15 is 0 Å². The number of pyridine rings is 1. The second kappa shape index (κ2) is 11.3. The highest BCUT2D eigenvalue weighted by atomic mass is 32.2. The summed E-state index contributed by atoms with van der Waals surface area (Å²) in [6.45, 7) is 0. The Morgan fingerprint density at radius 2 is 1.68 bits per heavy atom. The summed E-state index contributed by atoms with van der Waals surface area (Å²) in [7, 11) is 11.5. The fraction of sp³-hybridized carbons (Fsp3) is 0.0870. The van der Waals surface area contributed by atoms with Crippen LogP contribution in [-0.4, -0.2) is 85.4 Å². The van der Waals surface area contributed by atoms with Crippen molar-refractivity contribution in [1.29, 1.82) is 0 Å². The first kappa shape index (κ1) is 29.7. The van der Waals surface area contributed by atoms with Crippen LogP contribution in [0.3, 0.4) is 0 Å². The fourth-order valence-electron chi connectivity index (χ4n) is 4.70. The lowest BCUT2D eigenvalue weighted by Crippen LogP contribution is -2.53. The molecule has 0 atom stereocenters. The summed E-state index contributed by atoms with van der Waals surface area (Å²) in [6, 6.07) is 10.9. The number of oxazole rings is 1. The van der Waals surface area contributed by atoms with Gasteiger partial charge in [0, 0.05) is 11.3 Å². The first-order valence-electron chi connectivity index (χ1n) is 12.7. The van der Waals surface area contributed by atoms with Crippen LogP contribution in [0.2, 0.25) is 0 Å². The molecule has 0 saturated carbocycles. The van der Waals surface area contributed by atoms with Crippen molar-refractivity contribution in [2.45, 2.75) is 10.0 Å². The monoisotopic (exact) mass is 564 g/mol. The molecule has 0 radical (unpaired) electrons. The summed E-state index contributed by atoms with van der Waals surface area (Å²) in [4.78, 5) is 8.83. The Labute approximate surface area is 246 Å². The molecule has 0 spiro atoms. The van der Waals surface area contributed by atoms with Gasteiger partial charge in [0.05, 0.1) is 42.5 Å². The SMILES string of the molecule is Bc1c(B)c(B)c(C(B)(B)B)c(NS(=O)(=O)c2cc(NC(=S)c3coc(-c4ccccc4)n3)cnc2OC)c1B. The third-order valence-electron chi connectivity index (χ3n) is 6.99. The van der Waals surface area contributed by atoms with Crippen LogP contribution in [-0.2, 0) is 15.1 Å². The van der Waals surface area contributed by atoms with Crippen molar-refractivity contribution in [1.82, 2.24) is 9.97 Å². The molecule has 0 aliphatic rings. The summed E-state index contributed by atoms with van der Waals surface area (Å²) < 4.78 is 41.5. The molecule has 0 saturated heterocycles. The van der Waals surface area contributed by atoms with Crippen molar-refractivity contribution in [3.8, 4) is 17.3 Å². The maximum atomic E-state index is 13.9. The van der Waals surface area contributed by atoms with E-state index in [0.717, 1.165) is 33.0 Å². The molecule has 4 rings (SSSR count). The van der Waals surface area contributed by atoms with Crippen LogP contribution in [0.15, 0.2) is 58.2 Å². The number of ether oxygens (including phenoxy) is 1. The molecule has 40 heavy (non-hydrogen) atoms. The van der Waals surface area contributed by atoms with E-state index in [-0.39, 0.29) is 20.9 Å². The lowest BCUT2D eigenvalue weighted by Gasteiger charge is -2.31. The van der Waals surface area contributed by atoms with Crippen LogP contribution < -0.4 is 36.6 Å². The molecular weight excluding hydrogens is 536 g/mol. The maximum absolute atomic E-state index is 13.9. The first-order valence-corrected chi connectivity index (χ1v) is 14.6. The van der Waals surface area contributed by atoms with Crippen molar-refractivity contribution in [2.24, 2.45) is 0 Å². The molecule has 196 valence electrons. The molecule has 0 aliphatic carbocycles. The minimum Gasteiger partial charge on any atom is -0.480 e. The minimum atomic E-state index is -4.12. The summed E-state index contributed by atoms with van der Waals surface area (Å²) in [6.07, 6.45) is 2.90. The quantitative estimate of drug-likeness (QED) is 0.162. The highest BCUT2D eigenvalue weighted by Gasteiger charge is 2.29. The molecular formula is C23H27B7N4O4S2. The Morgan fingerprint density at radius 1 is 1.02 bits per heavy atom. The first-order chi connectivity index (χ1) is 18.7. The lowest BCUT2D eigenvalue weighted by atomic mass is 9.38. The molecule has 4 aromatic rings. The molecule has 0 unspecified atom stereocenters. The summed E-state index contributed by atoms with van der Waals surface area (Å²) in [5.74, 6) is 0.390. The predicted octanol–water partition coefficient (Wildman–Crippen LogP) is -5.62. The van der Waals surface area contributed by atoms with E-state index in [1.165, 1.54) is 25.6 Å². The predicted molar refractivity (Wildman–Crippen MR) is 185 cm³/mol. The Morgan fingerprint density at radius 3 is 2.30 bits per heavy atom. The molecule has 2 N–H and O–H groups in total. The number of aromatic nitrogens is 2. The van der Waals surface area contributed by atoms with Gasteiger partial charge in [-0.3, -0.25) is 4.72 Å². The number of thiocarbonyl (C=S) groups is 1. The van der Waals surface area contributed by atoms with E-state index < -0.39 is 10.0 Å². The zero-order chi connectivity index (χ0) is 29.4. The van der Waals surface area contributed by atoms with Crippen LogP contribution in [0.1, 0.15) is 11.3 Å². The zero-order valence-corrected chi connectivity index (χ0v) is 25.6. The van der Waals surface area contributed by atoms with E-state index in [4.69, 9.17) is 21.4 Å². The number of benzene rings is 2. The Hall–Kier alpha value is -3.31. The second-order valence-electron chi connectivity index (χ2n) is 10.7. The smallest absolute Gasteiger partial charge is 0.267 e. The Bertz CT molecular complexity index is 1710. The maximum Gasteiger partial charge on any atom is 0.267 e. The van der Waals surface area contributed by atoms with Gasteiger partial charge in [-0.05, 0) is 23.8 Å². The number of hydrogen-bond donors (Lipinski definition) is 2. The number of sulfonamides is 1. The van der Waals surface area contributed by atoms with Crippen molar-refractivity contribution >= 4 is 115 Å². The van der Waals surface area contributed by atoms with Gasteiger partial charge in [-0.25, -0.2) is 18.4 Å². The van der Waals surface area contributed by atoms with Crippen LogP contribution in [0.4, 0.5) is 11.4 Å². The highest BCUT2D eigenvalue weighted by molar-refractivity contribution is 7.92. The Balaban J connectivity index is 1.69. The number of nitrogens with one attached hydrogen (secondary N) is 2. The van der Waals surface area contributed by atoms with Crippen LogP contribution in [0.25, 0.3) is 11.5 Å². The topological polar surface area (TPSA) is 106 Å². The van der Waals surface area contributed by atoms with Crippen LogP contribution in [0.5, 0.6) is 5.88 Å². The van der Waals surface area contributed by atoms with Crippen molar-refractivity contribution in [3.63, 3.8) is 0 Å². The number of nitrogens with zero attached hydrogens (tertiary/aromatic N) is 2. The summed E-state index contributed by atoms with van der Waals surface area (Å²) in [5, 5.41) is 2.72. The summed E-state index contributed by atoms with van der Waals surface area (Å²) >= 11 is 5.53. The standard InChI is InChI=1S/C23H27B7N4O4S2/c1-37-21-13(40(35,36)34-19-14(23(28,29)30)15(24)16(25)17(26)18(19)27)7-11(8-31-21)32-22(39)12-9-38-20(33-12)10-5-3-2-4-6-10/h2-9,34H,24-30H2,1H3,(H,32,39). The van der Waals surface area contributed by atoms with Crippen molar-refractivity contribution in [3.05, 3.63) is 60.1 Å². The molecule has 2 aromatic carbocycles. The molecule has 17 heteroatoms. The third-order valence-corrected chi connectivity index (χ3v) is 8.65. The van der Waals surface area contributed by atoms with E-state index in [0.29, 0.717) is 23.0 Å². The fourth-order valence-corrected chi connectivity index (χ4v) is 6.19. The molecule has 2 aromatic heterocycles. The molecule has 2 heterocycles. The molecule has 0 bridgehead atoms. The van der Waals surface area contributed by atoms with Crippen LogP contribution >= 0.6 is 12.2 Å². The highest BCUT2D eigenvalue weighted by Crippen LogP contribution is 2.28. The number of anilines is 2. The van der Waals surface area contributed by atoms with E-state index in [9.17, 15) is 8.42 Å². The third kappa shape index (κ3) is 5.90.